The first-order valence-corrected chi connectivity index (χ1v) is 4.34. The molecule has 5 nitrogen and oxygen atoms in total. The number of ether oxygens (including phenoxy) is 2. The number of hydrogen-bond acceptors (Lipinski definition) is 5. The zero-order chi connectivity index (χ0) is 10.0. The molecule has 6 heteroatoms. The van der Waals surface area contributed by atoms with Crippen molar-refractivity contribution in [3.05, 3.63) is 0 Å². The van der Waals surface area contributed by atoms with Crippen LogP contribution in [0.25, 0.3) is 0 Å². The predicted molar refractivity (Wildman–Crippen MR) is 44.4 cm³/mol. The van der Waals surface area contributed by atoms with Crippen LogP contribution in [0, 0.1) is 0 Å². The van der Waals surface area contributed by atoms with Gasteiger partial charge in [0.05, 0.1) is 6.61 Å². The van der Waals surface area contributed by atoms with E-state index in [4.69, 9.17) is 26.2 Å². The van der Waals surface area contributed by atoms with Crippen LogP contribution in [0.2, 0.25) is 0 Å². The lowest BCUT2D eigenvalue weighted by Gasteiger charge is -2.38. The summed E-state index contributed by atoms with van der Waals surface area (Å²) in [6.07, 6.45) is -4.00. The number of methoxy groups -OCH3 is 1. The third kappa shape index (κ3) is 2.12. The minimum atomic E-state index is -1.18. The van der Waals surface area contributed by atoms with Crippen molar-refractivity contribution in [2.75, 3.05) is 13.7 Å². The molecule has 0 radical (unpaired) electrons. The Morgan fingerprint density at radius 2 is 2.00 bits per heavy atom. The van der Waals surface area contributed by atoms with Gasteiger partial charge in [0, 0.05) is 7.11 Å². The molecule has 0 bridgehead atoms. The molecule has 0 spiro atoms. The Morgan fingerprint density at radius 1 is 1.38 bits per heavy atom. The number of alkyl halides is 1. The Labute approximate surface area is 80.8 Å². The van der Waals surface area contributed by atoms with E-state index in [1.54, 1.807) is 0 Å². The van der Waals surface area contributed by atoms with Gasteiger partial charge in [-0.3, -0.25) is 0 Å². The Balaban J connectivity index is 2.66. The van der Waals surface area contributed by atoms with E-state index in [0.717, 1.165) is 0 Å². The molecule has 1 rings (SSSR count). The normalized spacial score (nSPS) is 46.4. The van der Waals surface area contributed by atoms with Gasteiger partial charge < -0.3 is 24.8 Å². The van der Waals surface area contributed by atoms with Gasteiger partial charge in [-0.1, -0.05) is 0 Å². The van der Waals surface area contributed by atoms with Gasteiger partial charge in [-0.2, -0.15) is 0 Å². The summed E-state index contributed by atoms with van der Waals surface area (Å²) in [5.41, 5.74) is 0. The van der Waals surface area contributed by atoms with Gasteiger partial charge in [0.25, 0.3) is 0 Å². The maximum Gasteiger partial charge on any atom is 0.176 e. The average Bonchev–Trinajstić information content (AvgIpc) is 2.15. The third-order valence-corrected chi connectivity index (χ3v) is 2.50. The molecule has 0 aliphatic carbocycles. The first-order chi connectivity index (χ1) is 6.11. The van der Waals surface area contributed by atoms with Gasteiger partial charge in [-0.05, 0) is 0 Å². The van der Waals surface area contributed by atoms with Crippen molar-refractivity contribution in [1.29, 1.82) is 0 Å². The molecule has 1 fully saturated rings. The summed E-state index contributed by atoms with van der Waals surface area (Å²) in [4.78, 5) is 0. The Kier molecular flexibility index (Phi) is 3.90. The van der Waals surface area contributed by atoms with Crippen LogP contribution in [-0.4, -0.2) is 59.0 Å². The topological polar surface area (TPSA) is 79.2 Å². The summed E-state index contributed by atoms with van der Waals surface area (Å²) in [5, 5.41) is 26.7. The quantitative estimate of drug-likeness (QED) is 0.495. The molecule has 1 aliphatic rings. The van der Waals surface area contributed by atoms with Gasteiger partial charge in [-0.25, -0.2) is 0 Å². The van der Waals surface area contributed by atoms with E-state index >= 15 is 0 Å². The van der Waals surface area contributed by atoms with Crippen LogP contribution < -0.4 is 0 Å². The second kappa shape index (κ2) is 4.54. The van der Waals surface area contributed by atoms with Crippen LogP contribution >= 0.6 is 11.6 Å². The van der Waals surface area contributed by atoms with Gasteiger partial charge >= 0.3 is 0 Å². The summed E-state index contributed by atoms with van der Waals surface area (Å²) < 4.78 is 9.88. The minimum Gasteiger partial charge on any atom is -0.394 e. The van der Waals surface area contributed by atoms with Gasteiger partial charge in [0.1, 0.15) is 23.7 Å². The van der Waals surface area contributed by atoms with E-state index in [9.17, 15) is 10.2 Å². The largest absolute Gasteiger partial charge is 0.394 e. The number of hydrogen-bond donors (Lipinski definition) is 3. The molecule has 1 aliphatic heterocycles. The minimum absolute atomic E-state index is 0.387. The number of aliphatic hydroxyl groups is 3. The number of halogens is 1. The molecule has 1 heterocycles. The zero-order valence-corrected chi connectivity index (χ0v) is 7.89. The summed E-state index contributed by atoms with van der Waals surface area (Å²) in [5.74, 6) is 0. The van der Waals surface area contributed by atoms with Gasteiger partial charge in [-0.15, -0.1) is 11.6 Å². The summed E-state index contributed by atoms with van der Waals surface area (Å²) in [7, 11) is 1.37. The molecular weight excluding hydrogens is 200 g/mol. The van der Waals surface area contributed by atoms with E-state index < -0.39 is 30.0 Å². The zero-order valence-electron chi connectivity index (χ0n) is 7.13. The van der Waals surface area contributed by atoms with Crippen molar-refractivity contribution < 1.29 is 24.8 Å². The summed E-state index contributed by atoms with van der Waals surface area (Å²) >= 11 is 5.71. The first-order valence-electron chi connectivity index (χ1n) is 3.91. The monoisotopic (exact) mass is 212 g/mol. The number of aliphatic hydroxyl groups excluding tert-OH is 3. The molecule has 78 valence electrons. The maximum atomic E-state index is 9.40. The highest BCUT2D eigenvalue weighted by Gasteiger charge is 2.43. The standard InChI is InChI=1S/C7H13ClO5/c1-12-7-4(8)6(11)5(10)3(2-9)13-7/h3-7,9-11H,2H2,1H3/t3-,4-,5-,6-,7+/m1/s1. The van der Waals surface area contributed by atoms with Crippen LogP contribution in [0.4, 0.5) is 0 Å². The third-order valence-electron chi connectivity index (χ3n) is 2.04. The van der Waals surface area contributed by atoms with Crippen LogP contribution in [0.5, 0.6) is 0 Å². The molecule has 0 aromatic carbocycles. The molecule has 13 heavy (non-hydrogen) atoms. The lowest BCUT2D eigenvalue weighted by Crippen LogP contribution is -2.57. The highest BCUT2D eigenvalue weighted by atomic mass is 35.5. The second-order valence-electron chi connectivity index (χ2n) is 2.89. The molecule has 0 unspecified atom stereocenters. The molecule has 3 N–H and O–H groups in total. The van der Waals surface area contributed by atoms with E-state index in [0.29, 0.717) is 0 Å². The van der Waals surface area contributed by atoms with Crippen molar-refractivity contribution in [1.82, 2.24) is 0 Å². The Hall–Kier alpha value is 0.0900. The fourth-order valence-corrected chi connectivity index (χ4v) is 1.55. The molecule has 0 saturated carbocycles. The van der Waals surface area contributed by atoms with Gasteiger partial charge in [0.15, 0.2) is 6.29 Å². The van der Waals surface area contributed by atoms with E-state index in [-0.39, 0.29) is 6.61 Å². The van der Waals surface area contributed by atoms with E-state index in [2.05, 4.69) is 0 Å². The smallest absolute Gasteiger partial charge is 0.176 e. The van der Waals surface area contributed by atoms with Crippen LogP contribution in [-0.2, 0) is 9.47 Å². The predicted octanol–water partition coefficient (Wildman–Crippen LogP) is -1.32. The number of rotatable bonds is 2. The fourth-order valence-electron chi connectivity index (χ4n) is 1.23. The SMILES string of the molecule is CO[C@H]1O[C@H](CO)[C@@H](O)[C@H](O)[C@H]1Cl. The summed E-state index contributed by atoms with van der Waals surface area (Å²) in [6.45, 7) is -0.387. The highest BCUT2D eigenvalue weighted by Crippen LogP contribution is 2.25. The molecule has 0 aromatic heterocycles. The Bertz CT molecular complexity index is 147. The average molecular weight is 213 g/mol. The highest BCUT2D eigenvalue weighted by molar-refractivity contribution is 6.21. The first kappa shape index (κ1) is 11.2. The molecule has 5 atom stereocenters. The molecule has 0 aromatic rings. The van der Waals surface area contributed by atoms with Crippen LogP contribution in [0.3, 0.4) is 0 Å². The molecule has 0 amide bonds. The molecular formula is C7H13ClO5. The van der Waals surface area contributed by atoms with E-state index in [1.807, 2.05) is 0 Å². The van der Waals surface area contributed by atoms with Crippen LogP contribution in [0.15, 0.2) is 0 Å². The van der Waals surface area contributed by atoms with Crippen LogP contribution in [0.1, 0.15) is 0 Å². The maximum absolute atomic E-state index is 9.40. The summed E-state index contributed by atoms with van der Waals surface area (Å²) in [6, 6.07) is 0. The fraction of sp³-hybridized carbons (Fsp3) is 1.00. The van der Waals surface area contributed by atoms with E-state index in [1.165, 1.54) is 7.11 Å². The Morgan fingerprint density at radius 3 is 2.46 bits per heavy atom. The van der Waals surface area contributed by atoms with Crippen molar-refractivity contribution in [2.24, 2.45) is 0 Å². The van der Waals surface area contributed by atoms with Crippen molar-refractivity contribution in [2.45, 2.75) is 30.0 Å². The second-order valence-corrected chi connectivity index (χ2v) is 3.39. The van der Waals surface area contributed by atoms with Crippen molar-refractivity contribution >= 4 is 11.6 Å². The lowest BCUT2D eigenvalue weighted by molar-refractivity contribution is -0.245. The van der Waals surface area contributed by atoms with Crippen molar-refractivity contribution in [3.63, 3.8) is 0 Å². The molecule has 1 saturated heterocycles. The lowest BCUT2D eigenvalue weighted by atomic mass is 10.0. The van der Waals surface area contributed by atoms with Crippen molar-refractivity contribution in [3.8, 4) is 0 Å². The van der Waals surface area contributed by atoms with Gasteiger partial charge in [0.2, 0.25) is 0 Å².